The first kappa shape index (κ1) is 42.8. The summed E-state index contributed by atoms with van der Waals surface area (Å²) >= 11 is 0. The number of nitrogens with two attached hydrogens (primary N) is 1. The Morgan fingerprint density at radius 1 is 1.00 bits per heavy atom. The van der Waals surface area contributed by atoms with Crippen LogP contribution in [0.3, 0.4) is 0 Å². The molecule has 0 saturated carbocycles. The number of ether oxygens (including phenoxy) is 2. The first-order valence-electron chi connectivity index (χ1n) is 4.01. The van der Waals surface area contributed by atoms with E-state index in [1.54, 1.807) is 0 Å². The van der Waals surface area contributed by atoms with Crippen LogP contribution in [0, 0.1) is 5.41 Å². The summed E-state index contributed by atoms with van der Waals surface area (Å²) in [5, 5.41) is 9.53. The molecule has 0 saturated heterocycles. The summed E-state index contributed by atoms with van der Waals surface area (Å²) in [5.41, 5.74) is 5.09. The van der Waals surface area contributed by atoms with Crippen molar-refractivity contribution in [3.05, 3.63) is 0 Å². The van der Waals surface area contributed by atoms with Crippen LogP contribution < -0.4 is 11.1 Å². The fourth-order valence-electron chi connectivity index (χ4n) is 0.731. The standard InChI is InChI=1S/C7H17N3O2.6ClH/c1-3-11-6(12-4-2)5-10-7(8)9;;;;;;/h6H,3-5H2,1-2H3,(H4,8,9,10);6*1H. The molecular formula is C7H23Cl6N3O2. The third-order valence-corrected chi connectivity index (χ3v) is 1.16. The molecule has 0 aliphatic heterocycles. The molecule has 0 aliphatic rings. The van der Waals surface area contributed by atoms with E-state index in [-0.39, 0.29) is 86.7 Å². The second-order valence-corrected chi connectivity index (χ2v) is 2.13. The van der Waals surface area contributed by atoms with E-state index in [9.17, 15) is 0 Å². The molecule has 0 bridgehead atoms. The molecule has 0 rings (SSSR count). The highest BCUT2D eigenvalue weighted by molar-refractivity contribution is 5.86. The number of nitrogens with one attached hydrogen (secondary N) is 2. The van der Waals surface area contributed by atoms with Crippen LogP contribution in [-0.2, 0) is 9.47 Å². The first-order chi connectivity index (χ1) is 5.70. The van der Waals surface area contributed by atoms with Crippen molar-refractivity contribution < 1.29 is 9.47 Å². The van der Waals surface area contributed by atoms with Gasteiger partial charge >= 0.3 is 0 Å². The number of guanidine groups is 1. The van der Waals surface area contributed by atoms with Crippen LogP contribution in [0.1, 0.15) is 13.8 Å². The van der Waals surface area contributed by atoms with E-state index >= 15 is 0 Å². The predicted octanol–water partition coefficient (Wildman–Crippen LogP) is 2.40. The summed E-state index contributed by atoms with van der Waals surface area (Å²) < 4.78 is 10.4. The minimum atomic E-state index is -0.316. The number of hydrogen-bond donors (Lipinski definition) is 3. The summed E-state index contributed by atoms with van der Waals surface area (Å²) in [4.78, 5) is 0. The van der Waals surface area contributed by atoms with Crippen molar-refractivity contribution >= 4 is 80.4 Å². The molecule has 0 radical (unpaired) electrons. The maximum atomic E-state index is 6.91. The Balaban J connectivity index is -0.0000000403. The van der Waals surface area contributed by atoms with E-state index in [1.807, 2.05) is 13.8 Å². The van der Waals surface area contributed by atoms with Crippen LogP contribution in [0.25, 0.3) is 0 Å². The minimum absolute atomic E-state index is 0. The van der Waals surface area contributed by atoms with Gasteiger partial charge in [-0.05, 0) is 13.8 Å². The number of rotatable bonds is 6. The van der Waals surface area contributed by atoms with Gasteiger partial charge in [0.25, 0.3) is 0 Å². The highest BCUT2D eigenvalue weighted by atomic mass is 35.5. The normalized spacial score (nSPS) is 6.83. The lowest BCUT2D eigenvalue weighted by atomic mass is 10.6. The Morgan fingerprint density at radius 2 is 1.33 bits per heavy atom. The summed E-state index contributed by atoms with van der Waals surface area (Å²) in [7, 11) is 0. The number of halogens is 6. The molecule has 0 aliphatic carbocycles. The first-order valence-corrected chi connectivity index (χ1v) is 4.01. The van der Waals surface area contributed by atoms with Gasteiger partial charge in [0.15, 0.2) is 12.2 Å². The Bertz CT molecular complexity index is 140. The zero-order valence-corrected chi connectivity index (χ0v) is 14.9. The molecule has 5 nitrogen and oxygen atoms in total. The highest BCUT2D eigenvalue weighted by Gasteiger charge is 2.06. The molecule has 0 aromatic heterocycles. The Labute approximate surface area is 146 Å². The second-order valence-electron chi connectivity index (χ2n) is 2.13. The van der Waals surface area contributed by atoms with E-state index in [4.69, 9.17) is 20.6 Å². The maximum absolute atomic E-state index is 6.91. The van der Waals surface area contributed by atoms with E-state index in [0.717, 1.165) is 0 Å². The molecule has 0 unspecified atom stereocenters. The van der Waals surface area contributed by atoms with Gasteiger partial charge in [-0.3, -0.25) is 5.41 Å². The molecule has 120 valence electrons. The summed E-state index contributed by atoms with van der Waals surface area (Å²) in [5.74, 6) is -0.0700. The minimum Gasteiger partial charge on any atom is -0.370 e. The highest BCUT2D eigenvalue weighted by Crippen LogP contribution is 1.92. The molecule has 0 amide bonds. The number of hydrogen-bond acceptors (Lipinski definition) is 3. The van der Waals surface area contributed by atoms with Crippen molar-refractivity contribution in [3.63, 3.8) is 0 Å². The van der Waals surface area contributed by atoms with Gasteiger partial charge in [0.05, 0.1) is 6.54 Å². The molecule has 18 heavy (non-hydrogen) atoms. The topological polar surface area (TPSA) is 80.4 Å². The zero-order valence-electron chi connectivity index (χ0n) is 10.0. The van der Waals surface area contributed by atoms with Crippen LogP contribution in [0.15, 0.2) is 0 Å². The van der Waals surface area contributed by atoms with Crippen molar-refractivity contribution in [1.29, 1.82) is 5.41 Å². The van der Waals surface area contributed by atoms with Gasteiger partial charge in [0.2, 0.25) is 0 Å². The molecule has 0 fully saturated rings. The van der Waals surface area contributed by atoms with Crippen LogP contribution in [0.4, 0.5) is 0 Å². The Hall–Kier alpha value is 0.930. The largest absolute Gasteiger partial charge is 0.370 e. The van der Waals surface area contributed by atoms with Gasteiger partial charge in [-0.1, -0.05) is 0 Å². The summed E-state index contributed by atoms with van der Waals surface area (Å²) in [6, 6.07) is 0. The monoisotopic (exact) mass is 391 g/mol. The van der Waals surface area contributed by atoms with Crippen molar-refractivity contribution in [3.8, 4) is 0 Å². The predicted molar refractivity (Wildman–Crippen MR) is 90.4 cm³/mol. The van der Waals surface area contributed by atoms with Crippen molar-refractivity contribution in [2.24, 2.45) is 5.73 Å². The average molecular weight is 394 g/mol. The van der Waals surface area contributed by atoms with Crippen LogP contribution in [0.5, 0.6) is 0 Å². The van der Waals surface area contributed by atoms with Gasteiger partial charge < -0.3 is 20.5 Å². The molecule has 0 aromatic rings. The van der Waals surface area contributed by atoms with Gasteiger partial charge in [-0.15, -0.1) is 74.4 Å². The van der Waals surface area contributed by atoms with Crippen molar-refractivity contribution in [2.75, 3.05) is 19.8 Å². The molecule has 4 N–H and O–H groups in total. The molecule has 0 spiro atoms. The van der Waals surface area contributed by atoms with E-state index < -0.39 is 0 Å². The molecule has 11 heteroatoms. The third kappa shape index (κ3) is 30.2. The molecular weight excluding hydrogens is 371 g/mol. The molecule has 0 aromatic carbocycles. The van der Waals surface area contributed by atoms with Gasteiger partial charge in [0.1, 0.15) is 0 Å². The van der Waals surface area contributed by atoms with Crippen LogP contribution >= 0.6 is 74.4 Å². The lowest BCUT2D eigenvalue weighted by molar-refractivity contribution is -0.131. The Kier molecular flexibility index (Phi) is 73.0. The van der Waals surface area contributed by atoms with Crippen LogP contribution in [-0.4, -0.2) is 32.0 Å². The van der Waals surface area contributed by atoms with Crippen molar-refractivity contribution in [1.82, 2.24) is 5.32 Å². The van der Waals surface area contributed by atoms with E-state index in [1.165, 1.54) is 0 Å². The maximum Gasteiger partial charge on any atom is 0.185 e. The van der Waals surface area contributed by atoms with Gasteiger partial charge in [-0.2, -0.15) is 0 Å². The van der Waals surface area contributed by atoms with Crippen molar-refractivity contribution in [2.45, 2.75) is 20.1 Å². The lowest BCUT2D eigenvalue weighted by Gasteiger charge is -2.16. The lowest BCUT2D eigenvalue weighted by Crippen LogP contribution is -2.38. The third-order valence-electron chi connectivity index (χ3n) is 1.16. The summed E-state index contributed by atoms with van der Waals surface area (Å²) in [6.07, 6.45) is -0.316. The zero-order chi connectivity index (χ0) is 9.40. The van der Waals surface area contributed by atoms with Gasteiger partial charge in [0, 0.05) is 13.2 Å². The summed E-state index contributed by atoms with van der Waals surface area (Å²) in [6.45, 7) is 5.37. The molecule has 0 heterocycles. The van der Waals surface area contributed by atoms with E-state index in [0.29, 0.717) is 19.8 Å². The van der Waals surface area contributed by atoms with Gasteiger partial charge in [-0.25, -0.2) is 0 Å². The average Bonchev–Trinajstić information content (AvgIpc) is 2.01. The second kappa shape index (κ2) is 30.7. The fourth-order valence-corrected chi connectivity index (χ4v) is 0.731. The Morgan fingerprint density at radius 3 is 1.56 bits per heavy atom. The SMILES string of the molecule is CCOC(CNC(=N)N)OCC.Cl.Cl.Cl.Cl.Cl.Cl. The fraction of sp³-hybridized carbons (Fsp3) is 0.857. The molecule has 0 atom stereocenters. The smallest absolute Gasteiger partial charge is 0.185 e. The van der Waals surface area contributed by atoms with Crippen LogP contribution in [0.2, 0.25) is 0 Å². The van der Waals surface area contributed by atoms with E-state index in [2.05, 4.69) is 5.32 Å². The quantitative estimate of drug-likeness (QED) is 0.367.